The van der Waals surface area contributed by atoms with Crippen LogP contribution in [0.5, 0.6) is 0 Å². The smallest absolute Gasteiger partial charge is 0.266 e. The van der Waals surface area contributed by atoms with Crippen molar-refractivity contribution in [3.05, 3.63) is 132 Å². The quantitative estimate of drug-likeness (QED) is 0.264. The van der Waals surface area contributed by atoms with Gasteiger partial charge in [-0.15, -0.1) is 0 Å². The van der Waals surface area contributed by atoms with Crippen molar-refractivity contribution in [2.75, 3.05) is 0 Å². The zero-order valence-corrected chi connectivity index (χ0v) is 20.8. The number of carbonyl (C=O) groups is 1. The molecule has 0 spiro atoms. The number of carbonyl (C=O) groups excluding carboxylic acids is 1. The lowest BCUT2D eigenvalue weighted by molar-refractivity contribution is -0.113. The summed E-state index contributed by atoms with van der Waals surface area (Å²) in [7, 11) is 0. The second-order valence-electron chi connectivity index (χ2n) is 8.02. The van der Waals surface area contributed by atoms with Crippen molar-refractivity contribution >= 4 is 56.9 Å². The van der Waals surface area contributed by atoms with Gasteiger partial charge in [-0.3, -0.25) is 4.79 Å². The Kier molecular flexibility index (Phi) is 6.82. The summed E-state index contributed by atoms with van der Waals surface area (Å²) >= 11 is 1.20. The molecule has 0 atom stereocenters. The Morgan fingerprint density at radius 1 is 0.778 bits per heavy atom. The van der Waals surface area contributed by atoms with Crippen LogP contribution in [0, 0.1) is 17.1 Å². The van der Waals surface area contributed by atoms with Gasteiger partial charge in [0.25, 0.3) is 5.91 Å². The molecule has 4 aromatic carbocycles. The fourth-order valence-corrected chi connectivity index (χ4v) is 9.65. The third-order valence-electron chi connectivity index (χ3n) is 5.86. The Morgan fingerprint density at radius 3 is 1.69 bits per heavy atom. The summed E-state index contributed by atoms with van der Waals surface area (Å²) < 4.78 is 13.4. The minimum absolute atomic E-state index is 0.345. The van der Waals surface area contributed by atoms with E-state index >= 15 is 0 Å². The van der Waals surface area contributed by atoms with Gasteiger partial charge in [0.05, 0.1) is 10.2 Å². The summed E-state index contributed by atoms with van der Waals surface area (Å²) in [6.07, 6.45) is 1.69. The molecule has 6 heteroatoms. The maximum absolute atomic E-state index is 13.4. The van der Waals surface area contributed by atoms with E-state index < -0.39 is 12.8 Å². The highest BCUT2D eigenvalue weighted by Gasteiger charge is 2.35. The Balaban J connectivity index is 1.79. The molecular formula is C30H20FN2OPS. The lowest BCUT2D eigenvalue weighted by Gasteiger charge is -2.30. The number of thioether (sulfide) groups is 1. The summed E-state index contributed by atoms with van der Waals surface area (Å²) in [6.45, 7) is -2.68. The molecule has 0 N–H and O–H groups in total. The van der Waals surface area contributed by atoms with Crippen molar-refractivity contribution in [1.29, 1.82) is 5.26 Å². The zero-order chi connectivity index (χ0) is 25.0. The summed E-state index contributed by atoms with van der Waals surface area (Å²) in [4.78, 5) is 17.7. The minimum Gasteiger partial charge on any atom is -0.266 e. The number of nitriles is 1. The van der Waals surface area contributed by atoms with Gasteiger partial charge in [-0.2, -0.15) is 5.26 Å². The van der Waals surface area contributed by atoms with Gasteiger partial charge in [0.2, 0.25) is 0 Å². The number of hydrogen-bond acceptors (Lipinski definition) is 3. The van der Waals surface area contributed by atoms with Crippen LogP contribution in [0.1, 0.15) is 5.56 Å². The topological polar surface area (TPSA) is 53.2 Å². The molecule has 1 aliphatic heterocycles. The van der Waals surface area contributed by atoms with Crippen molar-refractivity contribution in [3.8, 4) is 6.07 Å². The molecule has 1 aliphatic rings. The molecule has 0 bridgehead atoms. The van der Waals surface area contributed by atoms with Gasteiger partial charge in [0, 0.05) is 0 Å². The number of halogens is 1. The molecular weight excluding hydrogens is 486 g/mol. The Labute approximate surface area is 213 Å². The number of benzene rings is 4. The van der Waals surface area contributed by atoms with Crippen LogP contribution in [0.15, 0.2) is 125 Å². The average Bonchev–Trinajstić information content (AvgIpc) is 3.29. The van der Waals surface area contributed by atoms with Crippen LogP contribution in [0.4, 0.5) is 4.39 Å². The molecule has 0 aromatic heterocycles. The predicted octanol–water partition coefficient (Wildman–Crippen LogP) is 5.53. The van der Waals surface area contributed by atoms with Gasteiger partial charge in [-0.1, -0.05) is 115 Å². The molecule has 0 unspecified atom stereocenters. The van der Waals surface area contributed by atoms with Gasteiger partial charge in [-0.05, 0) is 46.6 Å². The summed E-state index contributed by atoms with van der Waals surface area (Å²) in [6, 6.07) is 38.4. The standard InChI is InChI=1S/C30H20FN2OPS/c31-23-18-16-22(17-19-23)20-28-29(34)33-30(36-28)27(21-32)35(24-10-4-1-5-11-24,25-12-6-2-7-13-25)26-14-8-3-9-15-26/h1-20H/b28-20+. The Morgan fingerprint density at radius 2 is 1.25 bits per heavy atom. The Hall–Kier alpha value is -3.97. The van der Waals surface area contributed by atoms with Crippen molar-refractivity contribution in [1.82, 2.24) is 0 Å². The van der Waals surface area contributed by atoms with Crippen molar-refractivity contribution in [2.45, 2.75) is 0 Å². The molecule has 3 nitrogen and oxygen atoms in total. The van der Waals surface area contributed by atoms with E-state index in [0.717, 1.165) is 15.9 Å². The summed E-state index contributed by atoms with van der Waals surface area (Å²) in [5.74, 6) is -0.748. The number of amides is 1. The fourth-order valence-electron chi connectivity index (χ4n) is 4.28. The first-order chi connectivity index (χ1) is 17.6. The van der Waals surface area contributed by atoms with Crippen LogP contribution in [0.25, 0.3) is 6.08 Å². The highest BCUT2D eigenvalue weighted by molar-refractivity contribution is 8.22. The van der Waals surface area contributed by atoms with Gasteiger partial charge < -0.3 is 0 Å². The number of rotatable bonds is 5. The lowest BCUT2D eigenvalue weighted by Crippen LogP contribution is -2.32. The Bertz CT molecular complexity index is 1470. The predicted molar refractivity (Wildman–Crippen MR) is 150 cm³/mol. The van der Waals surface area contributed by atoms with Crippen molar-refractivity contribution < 1.29 is 9.18 Å². The molecule has 0 radical (unpaired) electrons. The third-order valence-corrected chi connectivity index (χ3v) is 11.2. The maximum Gasteiger partial charge on any atom is 0.284 e. The molecule has 4 aromatic rings. The van der Waals surface area contributed by atoms with E-state index in [0.29, 0.717) is 20.8 Å². The lowest BCUT2D eigenvalue weighted by atomic mass is 10.2. The average molecular weight is 507 g/mol. The zero-order valence-electron chi connectivity index (χ0n) is 19.1. The fraction of sp³-hybridized carbons (Fsp3) is 0. The van der Waals surface area contributed by atoms with Crippen LogP contribution in [0.3, 0.4) is 0 Å². The van der Waals surface area contributed by atoms with E-state index in [1.54, 1.807) is 18.2 Å². The van der Waals surface area contributed by atoms with Crippen LogP contribution in [0.2, 0.25) is 0 Å². The first-order valence-corrected chi connectivity index (χ1v) is 13.9. The van der Waals surface area contributed by atoms with Gasteiger partial charge >= 0.3 is 0 Å². The highest BCUT2D eigenvalue weighted by Crippen LogP contribution is 2.48. The largest absolute Gasteiger partial charge is 0.284 e. The first-order valence-electron chi connectivity index (χ1n) is 11.2. The normalized spacial score (nSPS) is 14.4. The molecule has 36 heavy (non-hydrogen) atoms. The van der Waals surface area contributed by atoms with E-state index in [1.807, 2.05) is 91.0 Å². The van der Waals surface area contributed by atoms with E-state index in [2.05, 4.69) is 11.1 Å². The maximum atomic E-state index is 13.4. The molecule has 0 saturated carbocycles. The molecule has 174 valence electrons. The first kappa shape index (κ1) is 23.8. The summed E-state index contributed by atoms with van der Waals surface area (Å²) in [5.41, 5.74) is 0.692. The molecule has 0 saturated heterocycles. The number of nitrogens with zero attached hydrogens (tertiary/aromatic N) is 2. The third kappa shape index (κ3) is 4.38. The molecule has 0 aliphatic carbocycles. The van der Waals surface area contributed by atoms with Crippen LogP contribution in [-0.4, -0.2) is 16.2 Å². The monoisotopic (exact) mass is 506 g/mol. The summed E-state index contributed by atoms with van der Waals surface area (Å²) in [5, 5.41) is 14.6. The second kappa shape index (κ2) is 10.3. The van der Waals surface area contributed by atoms with Gasteiger partial charge in [0.15, 0.2) is 0 Å². The van der Waals surface area contributed by atoms with E-state index in [1.165, 1.54) is 23.9 Å². The van der Waals surface area contributed by atoms with Crippen molar-refractivity contribution in [3.63, 3.8) is 0 Å². The van der Waals surface area contributed by atoms with Gasteiger partial charge in [0.1, 0.15) is 16.9 Å². The molecule has 0 fully saturated rings. The SMILES string of the molecule is N#CC(C1=NC(=O)/C(=C\c2ccc(F)cc2)S1)=P(c1ccccc1)(c1ccccc1)c1ccccc1. The number of aliphatic imine (C=N–C) groups is 1. The highest BCUT2D eigenvalue weighted by atomic mass is 32.2. The van der Waals surface area contributed by atoms with Crippen molar-refractivity contribution in [2.24, 2.45) is 4.99 Å². The minimum atomic E-state index is -2.68. The molecule has 1 heterocycles. The van der Waals surface area contributed by atoms with E-state index in [4.69, 9.17) is 0 Å². The van der Waals surface area contributed by atoms with Crippen LogP contribution >= 0.6 is 18.6 Å². The molecule has 5 rings (SSSR count). The van der Waals surface area contributed by atoms with E-state index in [9.17, 15) is 14.4 Å². The second-order valence-corrected chi connectivity index (χ2v) is 12.4. The molecule has 1 amide bonds. The number of hydrogen-bond donors (Lipinski definition) is 0. The van der Waals surface area contributed by atoms with Gasteiger partial charge in [-0.25, -0.2) is 9.38 Å². The van der Waals surface area contributed by atoms with Crippen LogP contribution < -0.4 is 15.9 Å². The van der Waals surface area contributed by atoms with Crippen LogP contribution in [-0.2, 0) is 4.79 Å². The van der Waals surface area contributed by atoms with E-state index in [-0.39, 0.29) is 5.82 Å².